The van der Waals surface area contributed by atoms with Gasteiger partial charge in [0.05, 0.1) is 5.66 Å². The summed E-state index contributed by atoms with van der Waals surface area (Å²) >= 11 is 0. The quantitative estimate of drug-likeness (QED) is 0.365. The summed E-state index contributed by atoms with van der Waals surface area (Å²) in [7, 11) is 0. The van der Waals surface area contributed by atoms with E-state index in [-0.39, 0.29) is 0 Å². The second kappa shape index (κ2) is 21.1. The standard InChI is InChI=1S/C4H12N2.4C2H4O2/c1-3-4(2,5)6;4*1-2(3)4/h3,5-6H2,1-2H3;4*1H3,(H,3,4). The number of hydrogen-bond acceptors (Lipinski definition) is 6. The van der Waals surface area contributed by atoms with Gasteiger partial charge in [0, 0.05) is 27.7 Å². The van der Waals surface area contributed by atoms with Gasteiger partial charge in [-0.2, -0.15) is 0 Å². The fraction of sp³-hybridized carbons (Fsp3) is 0.667. The van der Waals surface area contributed by atoms with Crippen molar-refractivity contribution in [1.82, 2.24) is 0 Å². The van der Waals surface area contributed by atoms with Crippen LogP contribution in [0.4, 0.5) is 0 Å². The van der Waals surface area contributed by atoms with Crippen LogP contribution in [0.2, 0.25) is 0 Å². The molecule has 0 atom stereocenters. The lowest BCUT2D eigenvalue weighted by atomic mass is 10.2. The number of carboxylic acid groups (broad SMARTS) is 4. The zero-order chi connectivity index (χ0) is 19.5. The number of nitrogens with two attached hydrogens (primary N) is 2. The van der Waals surface area contributed by atoms with Crippen LogP contribution in [-0.4, -0.2) is 50.0 Å². The van der Waals surface area contributed by atoms with Crippen molar-refractivity contribution in [2.24, 2.45) is 11.5 Å². The molecule has 8 N–H and O–H groups in total. The van der Waals surface area contributed by atoms with E-state index >= 15 is 0 Å². The maximum Gasteiger partial charge on any atom is 0.300 e. The molecule has 0 rings (SSSR count). The molecular weight excluding hydrogens is 300 g/mol. The van der Waals surface area contributed by atoms with Gasteiger partial charge in [0.25, 0.3) is 23.9 Å². The highest BCUT2D eigenvalue weighted by atomic mass is 16.4. The predicted octanol–water partition coefficient (Wildman–Crippen LogP) is 0.394. The zero-order valence-corrected chi connectivity index (χ0v) is 13.8. The molecule has 0 aliphatic carbocycles. The third-order valence-corrected chi connectivity index (χ3v) is 0.762. The Morgan fingerprint density at radius 2 is 0.773 bits per heavy atom. The van der Waals surface area contributed by atoms with E-state index in [1.807, 2.05) is 6.92 Å². The minimum atomic E-state index is -0.833. The maximum atomic E-state index is 9.00. The normalized spacial score (nSPS) is 7.82. The highest BCUT2D eigenvalue weighted by Gasteiger charge is 2.03. The van der Waals surface area contributed by atoms with Crippen LogP contribution in [0.3, 0.4) is 0 Å². The molecule has 0 spiro atoms. The molecule has 0 aliphatic rings. The summed E-state index contributed by atoms with van der Waals surface area (Å²) in [5.41, 5.74) is 10.2. The summed E-state index contributed by atoms with van der Waals surface area (Å²) in [5, 5.41) is 29.7. The molecule has 10 nitrogen and oxygen atoms in total. The van der Waals surface area contributed by atoms with Crippen LogP contribution >= 0.6 is 0 Å². The molecule has 0 aromatic rings. The average molecular weight is 328 g/mol. The van der Waals surface area contributed by atoms with Crippen molar-refractivity contribution < 1.29 is 39.6 Å². The van der Waals surface area contributed by atoms with Crippen LogP contribution in [-0.2, 0) is 19.2 Å². The van der Waals surface area contributed by atoms with E-state index in [1.54, 1.807) is 6.92 Å². The molecule has 0 bridgehead atoms. The van der Waals surface area contributed by atoms with Gasteiger partial charge in [-0.05, 0) is 13.3 Å². The van der Waals surface area contributed by atoms with E-state index in [4.69, 9.17) is 51.1 Å². The summed E-state index contributed by atoms with van der Waals surface area (Å²) in [6, 6.07) is 0. The summed E-state index contributed by atoms with van der Waals surface area (Å²) in [6.07, 6.45) is 0.826. The molecule has 0 aromatic heterocycles. The second-order valence-electron chi connectivity index (χ2n) is 3.94. The zero-order valence-electron chi connectivity index (χ0n) is 13.8. The SMILES string of the molecule is CC(=O)O.CC(=O)O.CC(=O)O.CC(=O)O.CCC(C)(N)N. The Morgan fingerprint density at radius 1 is 0.727 bits per heavy atom. The molecule has 0 amide bonds. The lowest BCUT2D eigenvalue weighted by molar-refractivity contribution is -0.135. The Morgan fingerprint density at radius 3 is 0.773 bits per heavy atom. The monoisotopic (exact) mass is 328 g/mol. The van der Waals surface area contributed by atoms with Gasteiger partial charge in [0.2, 0.25) is 0 Å². The summed E-state index contributed by atoms with van der Waals surface area (Å²) in [6.45, 7) is 8.09. The van der Waals surface area contributed by atoms with Gasteiger partial charge < -0.3 is 31.9 Å². The van der Waals surface area contributed by atoms with Gasteiger partial charge >= 0.3 is 0 Å². The first kappa shape index (κ1) is 31.9. The molecule has 0 unspecified atom stereocenters. The molecule has 0 aromatic carbocycles. The lowest BCUT2D eigenvalue weighted by Crippen LogP contribution is -2.44. The third kappa shape index (κ3) is 7850. The molecule has 0 saturated heterocycles. The highest BCUT2D eigenvalue weighted by molar-refractivity contribution is 5.63. The molecule has 0 saturated carbocycles. The van der Waals surface area contributed by atoms with Crippen molar-refractivity contribution in [3.8, 4) is 0 Å². The predicted molar refractivity (Wildman–Crippen MR) is 80.3 cm³/mol. The number of rotatable bonds is 1. The van der Waals surface area contributed by atoms with E-state index < -0.39 is 29.5 Å². The van der Waals surface area contributed by atoms with E-state index in [9.17, 15) is 0 Å². The topological polar surface area (TPSA) is 201 Å². The fourth-order valence-corrected chi connectivity index (χ4v) is 0. The summed E-state index contributed by atoms with van der Waals surface area (Å²) < 4.78 is 0. The van der Waals surface area contributed by atoms with Crippen molar-refractivity contribution >= 4 is 23.9 Å². The molecule has 22 heavy (non-hydrogen) atoms. The van der Waals surface area contributed by atoms with Crippen molar-refractivity contribution in [3.05, 3.63) is 0 Å². The molecule has 134 valence electrons. The number of hydrogen-bond donors (Lipinski definition) is 6. The maximum absolute atomic E-state index is 9.00. The summed E-state index contributed by atoms with van der Waals surface area (Å²) in [5.74, 6) is -3.33. The van der Waals surface area contributed by atoms with Crippen LogP contribution in [0.25, 0.3) is 0 Å². The summed E-state index contributed by atoms with van der Waals surface area (Å²) in [4.78, 5) is 36.0. The molecular formula is C12H28N2O8. The van der Waals surface area contributed by atoms with Crippen molar-refractivity contribution in [2.75, 3.05) is 0 Å². The Kier molecular flexibility index (Phi) is 30.6. The number of aliphatic carboxylic acids is 4. The van der Waals surface area contributed by atoms with Crippen molar-refractivity contribution in [2.45, 2.75) is 53.6 Å². The van der Waals surface area contributed by atoms with E-state index in [2.05, 4.69) is 0 Å². The third-order valence-electron chi connectivity index (χ3n) is 0.762. The molecule has 0 aliphatic heterocycles. The Hall–Kier alpha value is -2.20. The number of carboxylic acids is 4. The second-order valence-corrected chi connectivity index (χ2v) is 3.94. The van der Waals surface area contributed by atoms with Gasteiger partial charge in [0.1, 0.15) is 0 Å². The van der Waals surface area contributed by atoms with Gasteiger partial charge in [-0.15, -0.1) is 0 Å². The highest BCUT2D eigenvalue weighted by Crippen LogP contribution is 1.90. The minimum Gasteiger partial charge on any atom is -0.481 e. The Bertz CT molecular complexity index is 247. The van der Waals surface area contributed by atoms with Crippen LogP contribution in [0.5, 0.6) is 0 Å². The van der Waals surface area contributed by atoms with Crippen LogP contribution in [0.15, 0.2) is 0 Å². The first-order valence-electron chi connectivity index (χ1n) is 5.85. The Labute approximate surface area is 129 Å². The van der Waals surface area contributed by atoms with Crippen molar-refractivity contribution in [3.63, 3.8) is 0 Å². The van der Waals surface area contributed by atoms with E-state index in [1.165, 1.54) is 0 Å². The number of carbonyl (C=O) groups is 4. The molecule has 0 heterocycles. The van der Waals surface area contributed by atoms with Gasteiger partial charge in [-0.25, -0.2) is 0 Å². The first-order valence-corrected chi connectivity index (χ1v) is 5.85. The van der Waals surface area contributed by atoms with Crippen LogP contribution < -0.4 is 11.5 Å². The smallest absolute Gasteiger partial charge is 0.300 e. The lowest BCUT2D eigenvalue weighted by Gasteiger charge is -2.13. The minimum absolute atomic E-state index is 0.458. The largest absolute Gasteiger partial charge is 0.481 e. The van der Waals surface area contributed by atoms with Gasteiger partial charge in [-0.1, -0.05) is 6.92 Å². The van der Waals surface area contributed by atoms with Gasteiger partial charge in [0.15, 0.2) is 0 Å². The first-order chi connectivity index (χ1) is 9.49. The molecule has 0 radical (unpaired) electrons. The van der Waals surface area contributed by atoms with Crippen molar-refractivity contribution in [1.29, 1.82) is 0 Å². The van der Waals surface area contributed by atoms with Crippen LogP contribution in [0.1, 0.15) is 48.0 Å². The average Bonchev–Trinajstić information content (AvgIpc) is 2.12. The van der Waals surface area contributed by atoms with Gasteiger partial charge in [-0.3, -0.25) is 19.2 Å². The molecule has 10 heteroatoms. The fourth-order valence-electron chi connectivity index (χ4n) is 0. The van der Waals surface area contributed by atoms with E-state index in [0.717, 1.165) is 34.1 Å². The molecule has 0 fully saturated rings. The van der Waals surface area contributed by atoms with Crippen LogP contribution in [0, 0.1) is 0 Å². The Balaban J connectivity index is -0.0000000555. The van der Waals surface area contributed by atoms with E-state index in [0.29, 0.717) is 0 Å².